The third-order valence-electron chi connectivity index (χ3n) is 3.63. The predicted molar refractivity (Wildman–Crippen MR) is 76.7 cm³/mol. The van der Waals surface area contributed by atoms with E-state index in [9.17, 15) is 15.0 Å². The van der Waals surface area contributed by atoms with Crippen LogP contribution in [0.25, 0.3) is 5.57 Å². The number of aliphatic hydroxyl groups excluding tert-OH is 1. The van der Waals surface area contributed by atoms with Gasteiger partial charge in [0.2, 0.25) is 0 Å². The van der Waals surface area contributed by atoms with Crippen LogP contribution in [0.4, 0.5) is 0 Å². The van der Waals surface area contributed by atoms with E-state index in [1.807, 2.05) is 6.92 Å². The van der Waals surface area contributed by atoms with Crippen molar-refractivity contribution in [2.24, 2.45) is 0 Å². The second-order valence-corrected chi connectivity index (χ2v) is 5.55. The van der Waals surface area contributed by atoms with Crippen molar-refractivity contribution in [3.8, 4) is 5.75 Å². The molecule has 0 fully saturated rings. The standard InChI is InChI=1S/C16H20O4/c1-5-10-8-11(17)6-7-12(10)13-14(18)9(2)20-16(3,4)15(13)19/h6-9,17,19H,5H2,1-4H3. The maximum Gasteiger partial charge on any atom is 0.195 e. The van der Waals surface area contributed by atoms with Gasteiger partial charge >= 0.3 is 0 Å². The van der Waals surface area contributed by atoms with Crippen molar-refractivity contribution in [1.29, 1.82) is 0 Å². The molecule has 0 radical (unpaired) electrons. The lowest BCUT2D eigenvalue weighted by molar-refractivity contribution is -0.137. The molecule has 0 amide bonds. The zero-order valence-corrected chi connectivity index (χ0v) is 12.2. The van der Waals surface area contributed by atoms with Gasteiger partial charge in [0.05, 0.1) is 5.57 Å². The van der Waals surface area contributed by atoms with E-state index in [1.54, 1.807) is 32.9 Å². The molecule has 0 saturated carbocycles. The minimum Gasteiger partial charge on any atom is -0.508 e. The van der Waals surface area contributed by atoms with E-state index in [0.29, 0.717) is 17.6 Å². The molecule has 1 aliphatic rings. The summed E-state index contributed by atoms with van der Waals surface area (Å²) in [4.78, 5) is 12.4. The Bertz CT molecular complexity index is 584. The average molecular weight is 276 g/mol. The summed E-state index contributed by atoms with van der Waals surface area (Å²) in [5, 5.41) is 20.0. The van der Waals surface area contributed by atoms with E-state index in [2.05, 4.69) is 0 Å². The zero-order valence-electron chi connectivity index (χ0n) is 12.2. The Balaban J connectivity index is 2.68. The number of ketones is 1. The summed E-state index contributed by atoms with van der Waals surface area (Å²) < 4.78 is 5.54. The molecule has 0 saturated heterocycles. The number of carbonyl (C=O) groups excluding carboxylic acids is 1. The van der Waals surface area contributed by atoms with Crippen molar-refractivity contribution in [2.75, 3.05) is 0 Å². The number of hydrogen-bond acceptors (Lipinski definition) is 4. The Hall–Kier alpha value is -1.81. The van der Waals surface area contributed by atoms with Gasteiger partial charge in [-0.15, -0.1) is 0 Å². The minimum atomic E-state index is -0.897. The molecular formula is C16H20O4. The summed E-state index contributed by atoms with van der Waals surface area (Å²) in [6, 6.07) is 4.82. The highest BCUT2D eigenvalue weighted by Crippen LogP contribution is 2.37. The van der Waals surface area contributed by atoms with Gasteiger partial charge < -0.3 is 14.9 Å². The van der Waals surface area contributed by atoms with Gasteiger partial charge in [-0.1, -0.05) is 13.0 Å². The van der Waals surface area contributed by atoms with E-state index in [4.69, 9.17) is 4.74 Å². The van der Waals surface area contributed by atoms with Crippen LogP contribution in [0.1, 0.15) is 38.8 Å². The number of phenolic OH excluding ortho intramolecular Hbond substituents is 1. The fourth-order valence-electron chi connectivity index (χ4n) is 2.55. The molecule has 1 aromatic carbocycles. The molecule has 4 nitrogen and oxygen atoms in total. The van der Waals surface area contributed by atoms with Crippen LogP contribution in [-0.2, 0) is 16.0 Å². The Kier molecular flexibility index (Phi) is 3.61. The monoisotopic (exact) mass is 276 g/mol. The summed E-state index contributed by atoms with van der Waals surface area (Å²) in [5.41, 5.74) is 0.886. The van der Waals surface area contributed by atoms with E-state index < -0.39 is 11.7 Å². The van der Waals surface area contributed by atoms with Gasteiger partial charge in [-0.05, 0) is 50.5 Å². The highest BCUT2D eigenvalue weighted by Gasteiger charge is 2.40. The van der Waals surface area contributed by atoms with Gasteiger partial charge in [0, 0.05) is 0 Å². The van der Waals surface area contributed by atoms with Gasteiger partial charge in [-0.25, -0.2) is 0 Å². The quantitative estimate of drug-likeness (QED) is 0.871. The number of aryl methyl sites for hydroxylation is 1. The Labute approximate surface area is 118 Å². The van der Waals surface area contributed by atoms with Crippen molar-refractivity contribution >= 4 is 11.4 Å². The van der Waals surface area contributed by atoms with Crippen LogP contribution in [-0.4, -0.2) is 27.7 Å². The number of aromatic hydroxyl groups is 1. The Morgan fingerprint density at radius 3 is 2.55 bits per heavy atom. The maximum absolute atomic E-state index is 12.4. The number of phenols is 1. The van der Waals surface area contributed by atoms with E-state index in [1.165, 1.54) is 6.07 Å². The van der Waals surface area contributed by atoms with Crippen molar-refractivity contribution in [2.45, 2.75) is 45.8 Å². The first-order valence-corrected chi connectivity index (χ1v) is 6.76. The molecule has 2 rings (SSSR count). The van der Waals surface area contributed by atoms with Gasteiger partial charge in [-0.2, -0.15) is 0 Å². The highest BCUT2D eigenvalue weighted by atomic mass is 16.5. The van der Waals surface area contributed by atoms with Crippen molar-refractivity contribution in [3.63, 3.8) is 0 Å². The molecule has 1 aromatic rings. The second-order valence-electron chi connectivity index (χ2n) is 5.55. The molecule has 108 valence electrons. The lowest BCUT2D eigenvalue weighted by Crippen LogP contribution is -2.42. The first kappa shape index (κ1) is 14.6. The summed E-state index contributed by atoms with van der Waals surface area (Å²) in [6.07, 6.45) is 0.0538. The lowest BCUT2D eigenvalue weighted by atomic mass is 9.86. The number of Topliss-reactive ketones (excluding diaryl/α,β-unsaturated/α-hetero) is 1. The molecule has 1 atom stereocenters. The third kappa shape index (κ3) is 2.31. The number of aliphatic hydroxyl groups is 1. The molecular weight excluding hydrogens is 256 g/mol. The molecule has 0 bridgehead atoms. The lowest BCUT2D eigenvalue weighted by Gasteiger charge is -2.35. The van der Waals surface area contributed by atoms with Gasteiger partial charge in [0.25, 0.3) is 0 Å². The molecule has 0 spiro atoms. The molecule has 4 heteroatoms. The number of ether oxygens (including phenoxy) is 1. The molecule has 1 aliphatic heterocycles. The number of rotatable bonds is 2. The van der Waals surface area contributed by atoms with Crippen LogP contribution in [0, 0.1) is 0 Å². The highest BCUT2D eigenvalue weighted by molar-refractivity contribution is 6.24. The van der Waals surface area contributed by atoms with Gasteiger partial charge in [0.1, 0.15) is 23.2 Å². The molecule has 1 heterocycles. The smallest absolute Gasteiger partial charge is 0.195 e. The van der Waals surface area contributed by atoms with E-state index in [-0.39, 0.29) is 17.3 Å². The van der Waals surface area contributed by atoms with Gasteiger partial charge in [-0.3, -0.25) is 4.79 Å². The molecule has 2 N–H and O–H groups in total. The normalized spacial score (nSPS) is 22.2. The zero-order chi connectivity index (χ0) is 15.1. The van der Waals surface area contributed by atoms with Gasteiger partial charge in [0.15, 0.2) is 5.78 Å². The van der Waals surface area contributed by atoms with Crippen LogP contribution < -0.4 is 0 Å². The summed E-state index contributed by atoms with van der Waals surface area (Å²) >= 11 is 0. The Morgan fingerprint density at radius 2 is 1.95 bits per heavy atom. The van der Waals surface area contributed by atoms with Crippen LogP contribution in [0.15, 0.2) is 24.0 Å². The van der Waals surface area contributed by atoms with Crippen LogP contribution in [0.2, 0.25) is 0 Å². The largest absolute Gasteiger partial charge is 0.508 e. The first-order valence-electron chi connectivity index (χ1n) is 6.76. The first-order chi connectivity index (χ1) is 9.27. The van der Waals surface area contributed by atoms with E-state index >= 15 is 0 Å². The Morgan fingerprint density at radius 1 is 1.30 bits per heavy atom. The second kappa shape index (κ2) is 4.94. The molecule has 20 heavy (non-hydrogen) atoms. The summed E-state index contributed by atoms with van der Waals surface area (Å²) in [5.74, 6) is -0.138. The summed E-state index contributed by atoms with van der Waals surface area (Å²) in [7, 11) is 0. The van der Waals surface area contributed by atoms with Crippen LogP contribution in [0.5, 0.6) is 5.75 Å². The van der Waals surface area contributed by atoms with Crippen LogP contribution >= 0.6 is 0 Å². The summed E-state index contributed by atoms with van der Waals surface area (Å²) in [6.45, 7) is 7.09. The third-order valence-corrected chi connectivity index (χ3v) is 3.63. The number of carbonyl (C=O) groups is 1. The van der Waals surface area contributed by atoms with E-state index in [0.717, 1.165) is 5.56 Å². The predicted octanol–water partition coefficient (Wildman–Crippen LogP) is 2.99. The topological polar surface area (TPSA) is 66.8 Å². The van der Waals surface area contributed by atoms with Crippen molar-refractivity contribution in [1.82, 2.24) is 0 Å². The fraction of sp³-hybridized carbons (Fsp3) is 0.438. The number of hydrogen-bond donors (Lipinski definition) is 2. The van der Waals surface area contributed by atoms with Crippen molar-refractivity contribution in [3.05, 3.63) is 35.1 Å². The minimum absolute atomic E-state index is 0.0546. The fourth-order valence-corrected chi connectivity index (χ4v) is 2.55. The molecule has 0 aromatic heterocycles. The van der Waals surface area contributed by atoms with Crippen molar-refractivity contribution < 1.29 is 19.7 Å². The number of benzene rings is 1. The molecule has 1 unspecified atom stereocenters. The maximum atomic E-state index is 12.4. The van der Waals surface area contributed by atoms with Crippen LogP contribution in [0.3, 0.4) is 0 Å². The average Bonchev–Trinajstić information content (AvgIpc) is 2.38. The SMILES string of the molecule is CCc1cc(O)ccc1C1=C(O)C(C)(C)OC(C)C1=O. The molecule has 0 aliphatic carbocycles.